The number of benzene rings is 2. The van der Waals surface area contributed by atoms with Crippen molar-refractivity contribution in [1.82, 2.24) is 14.5 Å². The van der Waals surface area contributed by atoms with Crippen molar-refractivity contribution in [1.29, 1.82) is 0 Å². The van der Waals surface area contributed by atoms with Crippen molar-refractivity contribution in [3.8, 4) is 0 Å². The van der Waals surface area contributed by atoms with Gasteiger partial charge in [-0.05, 0) is 63.6 Å². The summed E-state index contributed by atoms with van der Waals surface area (Å²) in [7, 11) is -3.99. The van der Waals surface area contributed by atoms with Crippen LogP contribution in [-0.4, -0.2) is 59.9 Å². The van der Waals surface area contributed by atoms with Crippen LogP contribution in [-0.2, 0) is 21.4 Å². The largest absolute Gasteiger partial charge is 0.480 e. The molecule has 0 bridgehead atoms. The van der Waals surface area contributed by atoms with Gasteiger partial charge in [0.05, 0.1) is 4.90 Å². The molecule has 2 rings (SSSR count). The standard InChI is InChI=1S/C28H41N3O5S/c1-21(2)19-31(37(35,36)25-16-14-23(5)15-17-25)26(27(32)33)13-9-10-18-29-28(34)30(22(3)4)20-24-11-7-6-8-12-24/h6-8,11-12,14-17,21-22,26H,9-10,13,18-20H2,1-5H3,(H,29,34)(H,32,33)/t26-/m0/s1. The van der Waals surface area contributed by atoms with Gasteiger partial charge in [0, 0.05) is 25.7 Å². The molecule has 2 aromatic carbocycles. The van der Waals surface area contributed by atoms with Gasteiger partial charge in [-0.1, -0.05) is 61.9 Å². The van der Waals surface area contributed by atoms with Gasteiger partial charge in [0.25, 0.3) is 0 Å². The van der Waals surface area contributed by atoms with Gasteiger partial charge in [0.2, 0.25) is 10.0 Å². The van der Waals surface area contributed by atoms with E-state index in [1.54, 1.807) is 17.0 Å². The number of unbranched alkanes of at least 4 members (excludes halogenated alkanes) is 1. The van der Waals surface area contributed by atoms with E-state index in [1.165, 1.54) is 12.1 Å². The lowest BCUT2D eigenvalue weighted by Crippen LogP contribution is -2.47. The number of nitrogens with one attached hydrogen (secondary N) is 1. The summed E-state index contributed by atoms with van der Waals surface area (Å²) in [4.78, 5) is 26.8. The predicted octanol–water partition coefficient (Wildman–Crippen LogP) is 4.89. The van der Waals surface area contributed by atoms with E-state index in [2.05, 4.69) is 5.32 Å². The summed E-state index contributed by atoms with van der Waals surface area (Å²) in [6.07, 6.45) is 1.14. The summed E-state index contributed by atoms with van der Waals surface area (Å²) >= 11 is 0. The minimum Gasteiger partial charge on any atom is -0.480 e. The minimum atomic E-state index is -3.99. The second-order valence-corrected chi connectivity index (χ2v) is 12.0. The highest BCUT2D eigenvalue weighted by atomic mass is 32.2. The Morgan fingerprint density at radius 2 is 1.57 bits per heavy atom. The third-order valence-corrected chi connectivity index (χ3v) is 7.95. The lowest BCUT2D eigenvalue weighted by atomic mass is 10.1. The predicted molar refractivity (Wildman–Crippen MR) is 146 cm³/mol. The smallest absolute Gasteiger partial charge is 0.322 e. The number of rotatable bonds is 14. The first-order chi connectivity index (χ1) is 17.4. The molecular formula is C28H41N3O5S. The highest BCUT2D eigenvalue weighted by Crippen LogP contribution is 2.23. The topological polar surface area (TPSA) is 107 Å². The molecule has 0 aliphatic heterocycles. The van der Waals surface area contributed by atoms with Crippen LogP contribution in [0.5, 0.6) is 0 Å². The number of carbonyl (C=O) groups is 2. The number of carboxylic acid groups (broad SMARTS) is 1. The molecule has 0 saturated carbocycles. The molecule has 2 aromatic rings. The van der Waals surface area contributed by atoms with Crippen LogP contribution in [0.2, 0.25) is 0 Å². The lowest BCUT2D eigenvalue weighted by Gasteiger charge is -2.30. The summed E-state index contributed by atoms with van der Waals surface area (Å²) in [5.74, 6) is -1.22. The summed E-state index contributed by atoms with van der Waals surface area (Å²) in [6.45, 7) is 10.5. The van der Waals surface area contributed by atoms with Crippen molar-refractivity contribution in [3.05, 3.63) is 65.7 Å². The van der Waals surface area contributed by atoms with Crippen molar-refractivity contribution < 1.29 is 23.1 Å². The quantitative estimate of drug-likeness (QED) is 0.338. The van der Waals surface area contributed by atoms with Gasteiger partial charge >= 0.3 is 12.0 Å². The Labute approximate surface area is 221 Å². The van der Waals surface area contributed by atoms with Crippen molar-refractivity contribution in [2.75, 3.05) is 13.1 Å². The number of urea groups is 1. The molecule has 0 aromatic heterocycles. The van der Waals surface area contributed by atoms with E-state index in [0.29, 0.717) is 25.9 Å². The normalized spacial score (nSPS) is 12.6. The van der Waals surface area contributed by atoms with Crippen molar-refractivity contribution >= 4 is 22.0 Å². The molecule has 204 valence electrons. The Morgan fingerprint density at radius 1 is 0.946 bits per heavy atom. The Morgan fingerprint density at radius 3 is 2.11 bits per heavy atom. The Kier molecular flexibility index (Phi) is 11.6. The monoisotopic (exact) mass is 531 g/mol. The molecule has 0 radical (unpaired) electrons. The molecule has 37 heavy (non-hydrogen) atoms. The maximum Gasteiger partial charge on any atom is 0.322 e. The van der Waals surface area contributed by atoms with Gasteiger partial charge < -0.3 is 15.3 Å². The fourth-order valence-corrected chi connectivity index (χ4v) is 5.79. The molecule has 0 fully saturated rings. The second kappa shape index (κ2) is 14.1. The van der Waals surface area contributed by atoms with E-state index in [0.717, 1.165) is 15.4 Å². The molecule has 0 heterocycles. The van der Waals surface area contributed by atoms with Crippen LogP contribution in [0.4, 0.5) is 4.79 Å². The number of carbonyl (C=O) groups excluding carboxylic acids is 1. The van der Waals surface area contributed by atoms with E-state index in [-0.39, 0.29) is 35.9 Å². The van der Waals surface area contributed by atoms with Crippen molar-refractivity contribution in [2.24, 2.45) is 5.92 Å². The number of amides is 2. The van der Waals surface area contributed by atoms with E-state index < -0.39 is 22.0 Å². The number of nitrogens with zero attached hydrogens (tertiary/aromatic N) is 2. The number of sulfonamides is 1. The van der Waals surface area contributed by atoms with Crippen LogP contribution in [0.3, 0.4) is 0 Å². The minimum absolute atomic E-state index is 0.00756. The van der Waals surface area contributed by atoms with Crippen LogP contribution in [0, 0.1) is 12.8 Å². The molecule has 8 nitrogen and oxygen atoms in total. The van der Waals surface area contributed by atoms with Gasteiger partial charge in [0.1, 0.15) is 6.04 Å². The molecule has 0 aliphatic rings. The van der Waals surface area contributed by atoms with Crippen LogP contribution in [0.15, 0.2) is 59.5 Å². The number of hydrogen-bond acceptors (Lipinski definition) is 4. The molecule has 0 unspecified atom stereocenters. The van der Waals surface area contributed by atoms with E-state index in [9.17, 15) is 23.1 Å². The first-order valence-corrected chi connectivity index (χ1v) is 14.3. The average Bonchev–Trinajstić information content (AvgIpc) is 2.83. The van der Waals surface area contributed by atoms with Gasteiger partial charge in [-0.25, -0.2) is 13.2 Å². The van der Waals surface area contributed by atoms with E-state index in [1.807, 2.05) is 65.0 Å². The molecule has 1 atom stereocenters. The highest BCUT2D eigenvalue weighted by Gasteiger charge is 2.36. The fraction of sp³-hybridized carbons (Fsp3) is 0.500. The Balaban J connectivity index is 2.01. The van der Waals surface area contributed by atoms with Gasteiger partial charge in [-0.15, -0.1) is 0 Å². The van der Waals surface area contributed by atoms with Crippen LogP contribution in [0.25, 0.3) is 0 Å². The number of aryl methyl sites for hydroxylation is 1. The van der Waals surface area contributed by atoms with Crippen LogP contribution >= 0.6 is 0 Å². The molecule has 0 spiro atoms. The lowest BCUT2D eigenvalue weighted by molar-refractivity contribution is -0.141. The number of aliphatic carboxylic acids is 1. The summed E-state index contributed by atoms with van der Waals surface area (Å²) in [5.41, 5.74) is 1.96. The summed E-state index contributed by atoms with van der Waals surface area (Å²) in [6, 6.07) is 14.8. The first kappa shape index (κ1) is 30.3. The zero-order chi connectivity index (χ0) is 27.6. The second-order valence-electron chi connectivity index (χ2n) is 10.1. The molecule has 2 amide bonds. The SMILES string of the molecule is Cc1ccc(S(=O)(=O)N(CC(C)C)[C@@H](CCCCNC(=O)N(Cc2ccccc2)C(C)C)C(=O)O)cc1. The van der Waals surface area contributed by atoms with Crippen molar-refractivity contribution in [2.45, 2.75) is 77.4 Å². The molecule has 2 N–H and O–H groups in total. The highest BCUT2D eigenvalue weighted by molar-refractivity contribution is 7.89. The molecule has 0 saturated heterocycles. The third-order valence-electron chi connectivity index (χ3n) is 6.07. The fourth-order valence-electron chi connectivity index (χ4n) is 4.02. The maximum atomic E-state index is 13.4. The summed E-state index contributed by atoms with van der Waals surface area (Å²) < 4.78 is 27.9. The van der Waals surface area contributed by atoms with Gasteiger partial charge in [-0.2, -0.15) is 4.31 Å². The zero-order valence-corrected chi connectivity index (χ0v) is 23.4. The molecule has 0 aliphatic carbocycles. The van der Waals surface area contributed by atoms with Crippen molar-refractivity contribution in [3.63, 3.8) is 0 Å². The first-order valence-electron chi connectivity index (χ1n) is 12.8. The number of carboxylic acids is 1. The molecule has 9 heteroatoms. The van der Waals surface area contributed by atoms with Crippen LogP contribution in [0.1, 0.15) is 58.1 Å². The van der Waals surface area contributed by atoms with Crippen LogP contribution < -0.4 is 5.32 Å². The average molecular weight is 532 g/mol. The van der Waals surface area contributed by atoms with E-state index in [4.69, 9.17) is 0 Å². The molecular weight excluding hydrogens is 490 g/mol. The maximum absolute atomic E-state index is 13.4. The summed E-state index contributed by atoms with van der Waals surface area (Å²) in [5, 5.41) is 12.9. The van der Waals surface area contributed by atoms with Gasteiger partial charge in [0.15, 0.2) is 0 Å². The third kappa shape index (κ3) is 9.16. The van der Waals surface area contributed by atoms with Gasteiger partial charge in [-0.3, -0.25) is 4.79 Å². The van der Waals surface area contributed by atoms with E-state index >= 15 is 0 Å². The Bertz CT molecular complexity index is 1100. The Hall–Kier alpha value is -2.91. The zero-order valence-electron chi connectivity index (χ0n) is 22.6. The number of hydrogen-bond donors (Lipinski definition) is 2.